The number of hydrogen-bond donors (Lipinski definition) is 0. The van der Waals surface area contributed by atoms with E-state index in [-0.39, 0.29) is 17.7 Å². The number of carbonyl (C=O) groups excluding carboxylic acids is 1. The van der Waals surface area contributed by atoms with Crippen LogP contribution in [0.3, 0.4) is 0 Å². The van der Waals surface area contributed by atoms with Gasteiger partial charge in [0.15, 0.2) is 11.9 Å². The highest BCUT2D eigenvalue weighted by Crippen LogP contribution is 2.62. The molecule has 8 heteroatoms. The van der Waals surface area contributed by atoms with Crippen LogP contribution in [0.5, 0.6) is 5.75 Å². The number of fused-ring (bicyclic) bond motifs is 1. The molecule has 1 spiro atoms. The van der Waals surface area contributed by atoms with Crippen LogP contribution in [0, 0.1) is 23.7 Å². The maximum absolute atomic E-state index is 13.1. The molecule has 5 saturated heterocycles. The second kappa shape index (κ2) is 10.5. The third kappa shape index (κ3) is 4.68. The standard InChI is InChI=1S/C32H46N2O6/c1-21-9-14-26-22(2)29(37-30-32(26)27(21)20-31(3,38-30)39-40-32)36-25-12-10-23(11-13-25)19-28(35)34-17-15-33(16-18-34)24-7-5-4-6-8-24/h10-13,21-22,24,26-27,29-30H,4-9,14-20H2,1-3H3/t21-,22-,26?,27?,29+,30-,31+,32+/m1/s1. The van der Waals surface area contributed by atoms with E-state index in [9.17, 15) is 4.79 Å². The Kier molecular flexibility index (Phi) is 7.15. The van der Waals surface area contributed by atoms with E-state index in [0.717, 1.165) is 56.4 Å². The molecule has 2 saturated carbocycles. The Hall–Kier alpha value is -1.71. The van der Waals surface area contributed by atoms with Crippen molar-refractivity contribution in [2.75, 3.05) is 26.2 Å². The molecule has 40 heavy (non-hydrogen) atoms. The molecule has 2 aliphatic carbocycles. The number of carbonyl (C=O) groups is 1. The van der Waals surface area contributed by atoms with Crippen LogP contribution in [0.15, 0.2) is 24.3 Å². The van der Waals surface area contributed by atoms with Gasteiger partial charge in [0.2, 0.25) is 18.0 Å². The lowest BCUT2D eigenvalue weighted by atomic mass is 9.56. The van der Waals surface area contributed by atoms with Crippen LogP contribution in [-0.2, 0) is 30.5 Å². The van der Waals surface area contributed by atoms with E-state index in [1.165, 1.54) is 38.5 Å². The maximum Gasteiger partial charge on any atom is 0.227 e. The van der Waals surface area contributed by atoms with Crippen molar-refractivity contribution >= 4 is 5.91 Å². The number of hydrogen-bond acceptors (Lipinski definition) is 7. The van der Waals surface area contributed by atoms with Crippen molar-refractivity contribution in [2.24, 2.45) is 23.7 Å². The molecule has 0 radical (unpaired) electrons. The molecule has 0 aromatic heterocycles. The van der Waals surface area contributed by atoms with Gasteiger partial charge in [-0.25, -0.2) is 9.78 Å². The molecule has 1 amide bonds. The van der Waals surface area contributed by atoms with E-state index in [0.29, 0.717) is 18.3 Å². The summed E-state index contributed by atoms with van der Waals surface area (Å²) in [5, 5.41) is 0. The highest BCUT2D eigenvalue weighted by atomic mass is 17.3. The molecule has 5 heterocycles. The Morgan fingerprint density at radius 3 is 2.45 bits per heavy atom. The molecule has 5 aliphatic heterocycles. The van der Waals surface area contributed by atoms with Crippen LogP contribution in [-0.4, -0.2) is 71.9 Å². The fraction of sp³-hybridized carbons (Fsp3) is 0.781. The molecule has 8 rings (SSSR count). The minimum absolute atomic E-state index is 0.120. The lowest BCUT2D eigenvalue weighted by molar-refractivity contribution is -0.614. The largest absolute Gasteiger partial charge is 0.465 e. The van der Waals surface area contributed by atoms with Crippen LogP contribution in [0.25, 0.3) is 0 Å². The zero-order valence-electron chi connectivity index (χ0n) is 24.4. The van der Waals surface area contributed by atoms with Crippen molar-refractivity contribution in [3.8, 4) is 5.75 Å². The SMILES string of the molecule is C[C@@H]1CCC2[C@@H](C)[C@@H](Oc3ccc(CC(=O)N4CCN(C5CCCCC5)CC4)cc3)O[C@@H]3O[C@]4(C)CC1[C@@]23OO4. The van der Waals surface area contributed by atoms with E-state index in [1.54, 1.807) is 0 Å². The molecular weight excluding hydrogens is 508 g/mol. The molecule has 0 N–H and O–H groups in total. The van der Waals surface area contributed by atoms with Gasteiger partial charge in [0, 0.05) is 56.4 Å². The van der Waals surface area contributed by atoms with Gasteiger partial charge in [0.25, 0.3) is 0 Å². The zero-order chi connectivity index (χ0) is 27.5. The minimum atomic E-state index is -0.783. The van der Waals surface area contributed by atoms with Gasteiger partial charge >= 0.3 is 0 Å². The number of ether oxygens (including phenoxy) is 3. The van der Waals surface area contributed by atoms with Crippen molar-refractivity contribution in [2.45, 2.75) is 109 Å². The summed E-state index contributed by atoms with van der Waals surface area (Å²) < 4.78 is 19.2. The average molecular weight is 555 g/mol. The first-order valence-corrected chi connectivity index (χ1v) is 15.8. The van der Waals surface area contributed by atoms with E-state index >= 15 is 0 Å². The van der Waals surface area contributed by atoms with Crippen molar-refractivity contribution in [3.63, 3.8) is 0 Å². The van der Waals surface area contributed by atoms with Gasteiger partial charge in [-0.3, -0.25) is 9.69 Å². The van der Waals surface area contributed by atoms with Gasteiger partial charge < -0.3 is 19.1 Å². The van der Waals surface area contributed by atoms with Crippen LogP contribution in [0.2, 0.25) is 0 Å². The summed E-state index contributed by atoms with van der Waals surface area (Å²) in [5.74, 6) is 1.42. The van der Waals surface area contributed by atoms with E-state index in [1.807, 2.05) is 36.1 Å². The normalized spacial score (nSPS) is 41.9. The second-order valence-corrected chi connectivity index (χ2v) is 13.6. The first-order valence-electron chi connectivity index (χ1n) is 15.8. The average Bonchev–Trinajstić information content (AvgIpc) is 2.97. The second-order valence-electron chi connectivity index (χ2n) is 13.6. The maximum atomic E-state index is 13.1. The summed E-state index contributed by atoms with van der Waals surface area (Å²) in [6.07, 6.45) is 9.26. The van der Waals surface area contributed by atoms with Gasteiger partial charge in [0.1, 0.15) is 5.75 Å². The molecule has 2 unspecified atom stereocenters. The minimum Gasteiger partial charge on any atom is -0.465 e. The molecule has 8 nitrogen and oxygen atoms in total. The molecule has 2 bridgehead atoms. The quantitative estimate of drug-likeness (QED) is 0.480. The molecule has 220 valence electrons. The summed E-state index contributed by atoms with van der Waals surface area (Å²) in [4.78, 5) is 29.6. The van der Waals surface area contributed by atoms with Crippen molar-refractivity contribution in [3.05, 3.63) is 29.8 Å². The van der Waals surface area contributed by atoms with E-state index in [2.05, 4.69) is 18.7 Å². The predicted molar refractivity (Wildman–Crippen MR) is 148 cm³/mol. The number of nitrogens with zero attached hydrogens (tertiary/aromatic N) is 2. The molecular formula is C32H46N2O6. The van der Waals surface area contributed by atoms with Gasteiger partial charge in [-0.1, -0.05) is 45.2 Å². The Morgan fingerprint density at radius 2 is 1.70 bits per heavy atom. The van der Waals surface area contributed by atoms with Crippen molar-refractivity contribution in [1.82, 2.24) is 9.80 Å². The lowest BCUT2D eigenvalue weighted by Crippen LogP contribution is -2.76. The Balaban J connectivity index is 0.958. The lowest BCUT2D eigenvalue weighted by Gasteiger charge is -2.66. The van der Waals surface area contributed by atoms with Gasteiger partial charge in [-0.05, 0) is 56.2 Å². The van der Waals surface area contributed by atoms with Crippen molar-refractivity contribution < 1.29 is 28.8 Å². The molecule has 1 aromatic carbocycles. The van der Waals surface area contributed by atoms with Gasteiger partial charge in [-0.15, -0.1) is 0 Å². The van der Waals surface area contributed by atoms with Crippen molar-refractivity contribution in [1.29, 1.82) is 0 Å². The number of piperazine rings is 1. The molecule has 8 atom stereocenters. The molecule has 1 aromatic rings. The van der Waals surface area contributed by atoms with E-state index in [4.69, 9.17) is 24.0 Å². The summed E-state index contributed by atoms with van der Waals surface area (Å²) in [6.45, 7) is 10.1. The fourth-order valence-corrected chi connectivity index (χ4v) is 8.71. The van der Waals surface area contributed by atoms with Gasteiger partial charge in [0.05, 0.1) is 6.42 Å². The zero-order valence-corrected chi connectivity index (χ0v) is 24.4. The molecule has 7 fully saturated rings. The molecule has 7 aliphatic rings. The van der Waals surface area contributed by atoms with Gasteiger partial charge in [-0.2, -0.15) is 0 Å². The third-order valence-corrected chi connectivity index (χ3v) is 11.1. The summed E-state index contributed by atoms with van der Waals surface area (Å²) in [5.41, 5.74) is 0.444. The summed E-state index contributed by atoms with van der Waals surface area (Å²) in [6, 6.07) is 8.67. The first kappa shape index (κ1) is 27.1. The Labute approximate surface area is 238 Å². The predicted octanol–water partition coefficient (Wildman–Crippen LogP) is 4.90. The first-order chi connectivity index (χ1) is 19.3. The highest BCUT2D eigenvalue weighted by molar-refractivity contribution is 5.79. The van der Waals surface area contributed by atoms with Crippen LogP contribution >= 0.6 is 0 Å². The van der Waals surface area contributed by atoms with E-state index < -0.39 is 24.0 Å². The monoisotopic (exact) mass is 554 g/mol. The Morgan fingerprint density at radius 1 is 0.950 bits per heavy atom. The topological polar surface area (TPSA) is 69.7 Å². The third-order valence-electron chi connectivity index (χ3n) is 11.1. The van der Waals surface area contributed by atoms with Crippen LogP contribution < -0.4 is 4.74 Å². The smallest absolute Gasteiger partial charge is 0.227 e. The Bertz CT molecular complexity index is 1070. The number of benzene rings is 1. The van der Waals surface area contributed by atoms with Crippen LogP contribution in [0.1, 0.15) is 77.7 Å². The number of amides is 1. The summed E-state index contributed by atoms with van der Waals surface area (Å²) >= 11 is 0. The fourth-order valence-electron chi connectivity index (χ4n) is 8.71. The van der Waals surface area contributed by atoms with Crippen LogP contribution in [0.4, 0.5) is 0 Å². The summed E-state index contributed by atoms with van der Waals surface area (Å²) in [7, 11) is 0. The highest BCUT2D eigenvalue weighted by Gasteiger charge is 2.72. The number of rotatable bonds is 5.